The van der Waals surface area contributed by atoms with Crippen LogP contribution in [0, 0.1) is 11.8 Å². The number of hydrogen-bond acceptors (Lipinski definition) is 2. The molecule has 2 amide bonds. The fraction of sp³-hybridized carbons (Fsp3) is 0.231. The van der Waals surface area contributed by atoms with Crippen molar-refractivity contribution in [2.75, 3.05) is 4.90 Å². The van der Waals surface area contributed by atoms with E-state index in [9.17, 15) is 9.59 Å². The molecule has 4 aliphatic rings. The minimum absolute atomic E-state index is 0.157. The van der Waals surface area contributed by atoms with Gasteiger partial charge in [0.25, 0.3) is 0 Å². The van der Waals surface area contributed by atoms with Crippen LogP contribution in [0.1, 0.15) is 36.1 Å². The molecule has 2 atom stereocenters. The van der Waals surface area contributed by atoms with Crippen LogP contribution in [0.15, 0.2) is 72.8 Å². The van der Waals surface area contributed by atoms with Crippen molar-refractivity contribution in [3.05, 3.63) is 100 Å². The smallest absolute Gasteiger partial charge is 0.239 e. The average Bonchev–Trinajstić information content (AvgIpc) is 3.04. The number of nitrogens with zero attached hydrogens (tertiary/aromatic N) is 1. The second kappa shape index (κ2) is 5.61. The van der Waals surface area contributed by atoms with Gasteiger partial charge in [-0.15, -0.1) is 0 Å². The van der Waals surface area contributed by atoms with Gasteiger partial charge < -0.3 is 0 Å². The lowest BCUT2D eigenvalue weighted by molar-refractivity contribution is -0.124. The Morgan fingerprint density at radius 2 is 1.03 bits per heavy atom. The van der Waals surface area contributed by atoms with Crippen LogP contribution in [-0.2, 0) is 20.4 Å². The fourth-order valence-corrected chi connectivity index (χ4v) is 6.66. The van der Waals surface area contributed by atoms with Crippen molar-refractivity contribution in [1.82, 2.24) is 0 Å². The summed E-state index contributed by atoms with van der Waals surface area (Å²) < 4.78 is 0. The summed E-state index contributed by atoms with van der Waals surface area (Å²) >= 11 is 6.42. The molecule has 0 spiro atoms. The Hall–Kier alpha value is -2.91. The normalized spacial score (nSPS) is 30.8. The third-order valence-electron chi connectivity index (χ3n) is 7.74. The third-order valence-corrected chi connectivity index (χ3v) is 8.06. The molecule has 1 aliphatic heterocycles. The van der Waals surface area contributed by atoms with Crippen molar-refractivity contribution >= 4 is 29.1 Å². The number of imide groups is 1. The summed E-state index contributed by atoms with van der Waals surface area (Å²) in [6.45, 7) is 4.25. The van der Waals surface area contributed by atoms with Crippen molar-refractivity contribution in [3.8, 4) is 0 Å². The Morgan fingerprint density at radius 1 is 0.667 bits per heavy atom. The second-order valence-electron chi connectivity index (χ2n) is 8.91. The molecule has 148 valence electrons. The summed E-state index contributed by atoms with van der Waals surface area (Å²) in [6.07, 6.45) is 0. The zero-order valence-electron chi connectivity index (χ0n) is 16.7. The molecule has 4 heteroatoms. The molecule has 0 N–H and O–H groups in total. The summed E-state index contributed by atoms with van der Waals surface area (Å²) in [6, 6.07) is 23.7. The molecule has 2 bridgehead atoms. The molecule has 0 saturated carbocycles. The number of amides is 2. The Labute approximate surface area is 180 Å². The molecule has 7 rings (SSSR count). The number of carbonyl (C=O) groups excluding carboxylic acids is 2. The lowest BCUT2D eigenvalue weighted by Crippen LogP contribution is -2.59. The number of para-hydroxylation sites is 1. The third kappa shape index (κ3) is 1.79. The van der Waals surface area contributed by atoms with Crippen LogP contribution in [0.2, 0.25) is 5.02 Å². The van der Waals surface area contributed by atoms with Gasteiger partial charge in [0, 0.05) is 10.8 Å². The highest BCUT2D eigenvalue weighted by molar-refractivity contribution is 6.36. The van der Waals surface area contributed by atoms with Crippen LogP contribution in [-0.4, -0.2) is 11.8 Å². The van der Waals surface area contributed by atoms with Gasteiger partial charge in [-0.05, 0) is 34.4 Å². The first kappa shape index (κ1) is 17.9. The van der Waals surface area contributed by atoms with Crippen molar-refractivity contribution < 1.29 is 9.59 Å². The zero-order valence-corrected chi connectivity index (χ0v) is 17.5. The quantitative estimate of drug-likeness (QED) is 0.521. The van der Waals surface area contributed by atoms with E-state index in [0.29, 0.717) is 10.7 Å². The van der Waals surface area contributed by atoms with E-state index in [1.165, 1.54) is 4.90 Å². The van der Waals surface area contributed by atoms with Gasteiger partial charge in [0.2, 0.25) is 11.8 Å². The second-order valence-corrected chi connectivity index (χ2v) is 9.32. The first-order chi connectivity index (χ1) is 14.4. The number of benzene rings is 3. The van der Waals surface area contributed by atoms with Crippen LogP contribution >= 0.6 is 11.6 Å². The molecule has 1 heterocycles. The van der Waals surface area contributed by atoms with Gasteiger partial charge in [-0.1, -0.05) is 86.1 Å². The van der Waals surface area contributed by atoms with Crippen molar-refractivity contribution in [3.63, 3.8) is 0 Å². The maximum atomic E-state index is 13.9. The number of carbonyl (C=O) groups is 2. The van der Waals surface area contributed by atoms with Gasteiger partial charge in [-0.3, -0.25) is 9.59 Å². The minimum Gasteiger partial charge on any atom is -0.274 e. The van der Waals surface area contributed by atoms with Gasteiger partial charge in [0.05, 0.1) is 22.5 Å². The van der Waals surface area contributed by atoms with Gasteiger partial charge in [-0.2, -0.15) is 0 Å². The summed E-state index contributed by atoms with van der Waals surface area (Å²) in [5.41, 5.74) is 3.92. The van der Waals surface area contributed by atoms with Gasteiger partial charge in [0.1, 0.15) is 0 Å². The molecular formula is C26H20ClNO2. The van der Waals surface area contributed by atoms with E-state index in [0.717, 1.165) is 22.3 Å². The van der Waals surface area contributed by atoms with E-state index in [-0.39, 0.29) is 11.8 Å². The molecule has 3 aliphatic carbocycles. The first-order valence-electron chi connectivity index (χ1n) is 10.2. The summed E-state index contributed by atoms with van der Waals surface area (Å²) in [7, 11) is 0. The van der Waals surface area contributed by atoms with E-state index in [4.69, 9.17) is 11.6 Å². The Morgan fingerprint density at radius 3 is 1.43 bits per heavy atom. The predicted molar refractivity (Wildman–Crippen MR) is 117 cm³/mol. The van der Waals surface area contributed by atoms with Gasteiger partial charge in [-0.25, -0.2) is 4.90 Å². The lowest BCUT2D eigenvalue weighted by atomic mass is 9.42. The number of hydrogen-bond donors (Lipinski definition) is 0. The lowest BCUT2D eigenvalue weighted by Gasteiger charge is -2.57. The van der Waals surface area contributed by atoms with Crippen molar-refractivity contribution in [2.24, 2.45) is 11.8 Å². The summed E-state index contributed by atoms with van der Waals surface area (Å²) in [4.78, 5) is 29.2. The van der Waals surface area contributed by atoms with Crippen LogP contribution in [0.4, 0.5) is 5.69 Å². The molecule has 3 aromatic rings. The molecule has 3 aromatic carbocycles. The van der Waals surface area contributed by atoms with Crippen LogP contribution in [0.3, 0.4) is 0 Å². The standard InChI is InChI=1S/C26H20ClNO2/c1-25-15-9-3-5-11-17(15)26(2,18-12-6-4-10-16(18)25)22-21(25)23(29)28(24(22)30)20-14-8-7-13-19(20)27/h3-14,21-22H,1-2H3/t21-,22+,25?,26?. The maximum absolute atomic E-state index is 13.9. The Bertz CT molecular complexity index is 1140. The van der Waals surface area contributed by atoms with E-state index >= 15 is 0 Å². The summed E-state index contributed by atoms with van der Waals surface area (Å²) in [5, 5.41) is 0.413. The predicted octanol–water partition coefficient (Wildman–Crippen LogP) is 5.08. The molecule has 3 nitrogen and oxygen atoms in total. The monoisotopic (exact) mass is 413 g/mol. The van der Waals surface area contributed by atoms with Crippen LogP contribution in [0.25, 0.3) is 0 Å². The highest BCUT2D eigenvalue weighted by Gasteiger charge is 2.70. The molecule has 1 saturated heterocycles. The van der Waals surface area contributed by atoms with E-state index < -0.39 is 22.7 Å². The SMILES string of the molecule is CC12c3ccccc3C(C)(c3ccccc31)[C@H]1C(=O)N(c3ccccc3Cl)C(=O)[C@H]12. The topological polar surface area (TPSA) is 37.4 Å². The van der Waals surface area contributed by atoms with Crippen LogP contribution < -0.4 is 4.90 Å². The van der Waals surface area contributed by atoms with Gasteiger partial charge in [0.15, 0.2) is 0 Å². The fourth-order valence-electron chi connectivity index (χ4n) is 6.44. The number of rotatable bonds is 1. The number of anilines is 1. The maximum Gasteiger partial charge on any atom is 0.239 e. The highest BCUT2D eigenvalue weighted by Crippen LogP contribution is 2.66. The van der Waals surface area contributed by atoms with E-state index in [2.05, 4.69) is 38.1 Å². The number of halogens is 1. The van der Waals surface area contributed by atoms with Crippen molar-refractivity contribution in [2.45, 2.75) is 24.7 Å². The molecular weight excluding hydrogens is 394 g/mol. The minimum atomic E-state index is -0.571. The van der Waals surface area contributed by atoms with Gasteiger partial charge >= 0.3 is 0 Å². The summed E-state index contributed by atoms with van der Waals surface area (Å²) in [5.74, 6) is -1.24. The largest absolute Gasteiger partial charge is 0.274 e. The molecule has 0 radical (unpaired) electrons. The molecule has 30 heavy (non-hydrogen) atoms. The molecule has 1 fully saturated rings. The Balaban J connectivity index is 1.68. The average molecular weight is 414 g/mol. The Kier molecular flexibility index (Phi) is 3.35. The van der Waals surface area contributed by atoms with E-state index in [1.54, 1.807) is 12.1 Å². The first-order valence-corrected chi connectivity index (χ1v) is 10.6. The molecule has 0 unspecified atom stereocenters. The highest BCUT2D eigenvalue weighted by atomic mass is 35.5. The molecule has 0 aromatic heterocycles. The van der Waals surface area contributed by atoms with Crippen LogP contribution in [0.5, 0.6) is 0 Å². The van der Waals surface area contributed by atoms with Crippen molar-refractivity contribution in [1.29, 1.82) is 0 Å². The van der Waals surface area contributed by atoms with E-state index in [1.807, 2.05) is 36.4 Å². The zero-order chi connectivity index (χ0) is 20.8.